The van der Waals surface area contributed by atoms with Crippen molar-refractivity contribution in [2.45, 2.75) is 0 Å². The van der Waals surface area contributed by atoms with Crippen molar-refractivity contribution in [1.29, 1.82) is 0 Å². The van der Waals surface area contributed by atoms with E-state index in [-0.39, 0.29) is 22.5 Å². The lowest BCUT2D eigenvalue weighted by atomic mass is 10.2. The Labute approximate surface area is 128 Å². The van der Waals surface area contributed by atoms with Crippen LogP contribution in [0, 0.1) is 0 Å². The summed E-state index contributed by atoms with van der Waals surface area (Å²) in [5.74, 6) is 0. The number of hydrogen-bond donors (Lipinski definition) is 1. The molecule has 0 aliphatic heterocycles. The quantitative estimate of drug-likeness (QED) is 0.584. The topological polar surface area (TPSA) is 72.2 Å². The fraction of sp³-hybridized carbons (Fsp3) is 0. The van der Waals surface area contributed by atoms with Gasteiger partial charge in [-0.15, -0.1) is 0 Å². The van der Waals surface area contributed by atoms with Crippen LogP contribution in [0.2, 0.25) is 5.02 Å². The summed E-state index contributed by atoms with van der Waals surface area (Å²) in [5, 5.41) is 0.479. The molecule has 7 heteroatoms. The molecule has 108 valence electrons. The molecule has 0 fully saturated rings. The highest BCUT2D eigenvalue weighted by molar-refractivity contribution is 6.31. The molecular formula is C15H9ClN4O2. The summed E-state index contributed by atoms with van der Waals surface area (Å²) in [5.41, 5.74) is 1.01. The first-order chi connectivity index (χ1) is 10.7. The van der Waals surface area contributed by atoms with Gasteiger partial charge in [-0.3, -0.25) is 18.6 Å². The standard InChI is InChI=1S/C15H9ClN4O2/c16-9-3-4-10-12(8-9)20(11-2-1-5-18-14(11)21)15(22)13-17-6-7-19(10)13/h1-8H,(H,18,21). The first-order valence-electron chi connectivity index (χ1n) is 6.52. The number of imidazole rings is 1. The van der Waals surface area contributed by atoms with Gasteiger partial charge in [-0.1, -0.05) is 11.6 Å². The molecule has 1 aromatic carbocycles. The highest BCUT2D eigenvalue weighted by Gasteiger charge is 2.15. The summed E-state index contributed by atoms with van der Waals surface area (Å²) in [6.45, 7) is 0. The van der Waals surface area contributed by atoms with Crippen LogP contribution in [0.1, 0.15) is 0 Å². The molecule has 3 heterocycles. The minimum Gasteiger partial charge on any atom is -0.327 e. The van der Waals surface area contributed by atoms with E-state index in [0.29, 0.717) is 10.5 Å². The van der Waals surface area contributed by atoms with Crippen LogP contribution in [0.4, 0.5) is 0 Å². The fourth-order valence-corrected chi connectivity index (χ4v) is 2.74. The van der Waals surface area contributed by atoms with E-state index in [4.69, 9.17) is 11.6 Å². The SMILES string of the molecule is O=c1[nH]cccc1-n1c(=O)c2nccn2c2ccc(Cl)cc21. The van der Waals surface area contributed by atoms with Gasteiger partial charge in [0.05, 0.1) is 11.0 Å². The Morgan fingerprint density at radius 1 is 1.14 bits per heavy atom. The van der Waals surface area contributed by atoms with Crippen molar-refractivity contribution in [3.05, 3.63) is 74.7 Å². The van der Waals surface area contributed by atoms with Crippen molar-refractivity contribution >= 4 is 28.3 Å². The van der Waals surface area contributed by atoms with Crippen LogP contribution in [-0.4, -0.2) is 18.9 Å². The van der Waals surface area contributed by atoms with Crippen LogP contribution in [0.5, 0.6) is 0 Å². The summed E-state index contributed by atoms with van der Waals surface area (Å²) < 4.78 is 3.02. The van der Waals surface area contributed by atoms with Crippen LogP contribution >= 0.6 is 11.6 Å². The first kappa shape index (κ1) is 12.8. The molecule has 0 saturated heterocycles. The molecule has 0 bridgehead atoms. The van der Waals surface area contributed by atoms with E-state index >= 15 is 0 Å². The molecule has 4 rings (SSSR count). The van der Waals surface area contributed by atoms with Gasteiger partial charge in [0, 0.05) is 23.6 Å². The number of benzene rings is 1. The molecule has 0 unspecified atom stereocenters. The van der Waals surface area contributed by atoms with E-state index in [1.54, 1.807) is 47.1 Å². The lowest BCUT2D eigenvalue weighted by Crippen LogP contribution is -2.26. The molecule has 0 aliphatic carbocycles. The highest BCUT2D eigenvalue weighted by atomic mass is 35.5. The lowest BCUT2D eigenvalue weighted by molar-refractivity contribution is 0.985. The second-order valence-corrected chi connectivity index (χ2v) is 5.22. The normalized spacial score (nSPS) is 11.3. The Balaban J connectivity index is 2.32. The van der Waals surface area contributed by atoms with E-state index in [9.17, 15) is 9.59 Å². The predicted molar refractivity (Wildman–Crippen MR) is 83.9 cm³/mol. The number of aromatic nitrogens is 4. The minimum atomic E-state index is -0.378. The maximum absolute atomic E-state index is 12.8. The van der Waals surface area contributed by atoms with Crippen molar-refractivity contribution in [2.24, 2.45) is 0 Å². The number of nitrogens with zero attached hydrogens (tertiary/aromatic N) is 3. The zero-order valence-electron chi connectivity index (χ0n) is 11.2. The van der Waals surface area contributed by atoms with Gasteiger partial charge in [-0.05, 0) is 30.3 Å². The summed E-state index contributed by atoms with van der Waals surface area (Å²) in [6.07, 6.45) is 4.76. The van der Waals surface area contributed by atoms with Gasteiger partial charge < -0.3 is 4.98 Å². The van der Waals surface area contributed by atoms with Crippen molar-refractivity contribution in [3.8, 4) is 5.69 Å². The van der Waals surface area contributed by atoms with Crippen LogP contribution in [0.15, 0.2) is 58.5 Å². The smallest absolute Gasteiger partial charge is 0.299 e. The molecule has 0 amide bonds. The Hall–Kier alpha value is -2.86. The zero-order chi connectivity index (χ0) is 15.3. The van der Waals surface area contributed by atoms with Crippen molar-refractivity contribution in [1.82, 2.24) is 18.9 Å². The van der Waals surface area contributed by atoms with E-state index in [0.717, 1.165) is 5.52 Å². The Morgan fingerprint density at radius 3 is 2.82 bits per heavy atom. The van der Waals surface area contributed by atoms with Crippen LogP contribution < -0.4 is 11.1 Å². The number of fused-ring (bicyclic) bond motifs is 3. The zero-order valence-corrected chi connectivity index (χ0v) is 11.9. The van der Waals surface area contributed by atoms with Crippen molar-refractivity contribution in [2.75, 3.05) is 0 Å². The maximum atomic E-state index is 12.8. The van der Waals surface area contributed by atoms with Gasteiger partial charge in [0.15, 0.2) is 0 Å². The number of H-pyrrole nitrogens is 1. The molecule has 4 aromatic rings. The monoisotopic (exact) mass is 312 g/mol. The van der Waals surface area contributed by atoms with Gasteiger partial charge in [0.1, 0.15) is 5.69 Å². The number of nitrogens with one attached hydrogen (secondary N) is 1. The van der Waals surface area contributed by atoms with E-state index in [1.807, 2.05) is 0 Å². The summed E-state index contributed by atoms with van der Waals surface area (Å²) in [6, 6.07) is 8.42. The van der Waals surface area contributed by atoms with E-state index < -0.39 is 0 Å². The third-order valence-corrected chi connectivity index (χ3v) is 3.75. The molecule has 0 saturated carbocycles. The van der Waals surface area contributed by atoms with Crippen molar-refractivity contribution < 1.29 is 0 Å². The predicted octanol–water partition coefficient (Wildman–Crippen LogP) is 1.98. The average Bonchev–Trinajstić information content (AvgIpc) is 2.99. The second-order valence-electron chi connectivity index (χ2n) is 4.78. The van der Waals surface area contributed by atoms with Gasteiger partial charge in [0.2, 0.25) is 5.65 Å². The fourth-order valence-electron chi connectivity index (χ4n) is 2.57. The molecule has 0 radical (unpaired) electrons. The van der Waals surface area contributed by atoms with E-state index in [2.05, 4.69) is 9.97 Å². The van der Waals surface area contributed by atoms with Crippen LogP contribution in [0.25, 0.3) is 22.4 Å². The summed E-state index contributed by atoms with van der Waals surface area (Å²) in [7, 11) is 0. The number of halogens is 1. The molecule has 6 nitrogen and oxygen atoms in total. The molecule has 1 N–H and O–H groups in total. The summed E-state index contributed by atoms with van der Waals surface area (Å²) >= 11 is 6.07. The van der Waals surface area contributed by atoms with E-state index in [1.165, 1.54) is 10.8 Å². The lowest BCUT2D eigenvalue weighted by Gasteiger charge is -2.11. The maximum Gasteiger partial charge on any atom is 0.299 e. The number of aromatic amines is 1. The number of hydrogen-bond acceptors (Lipinski definition) is 3. The first-order valence-corrected chi connectivity index (χ1v) is 6.90. The highest BCUT2D eigenvalue weighted by Crippen LogP contribution is 2.20. The van der Waals surface area contributed by atoms with Gasteiger partial charge in [-0.25, -0.2) is 4.98 Å². The third kappa shape index (κ3) is 1.71. The molecular weight excluding hydrogens is 304 g/mol. The van der Waals surface area contributed by atoms with Gasteiger partial charge >= 0.3 is 0 Å². The molecule has 0 spiro atoms. The average molecular weight is 313 g/mol. The minimum absolute atomic E-state index is 0.227. The second kappa shape index (κ2) is 4.57. The van der Waals surface area contributed by atoms with Crippen LogP contribution in [-0.2, 0) is 0 Å². The van der Waals surface area contributed by atoms with Gasteiger partial charge in [0.25, 0.3) is 11.1 Å². The molecule has 0 aliphatic rings. The number of pyridine rings is 1. The largest absolute Gasteiger partial charge is 0.327 e. The molecule has 3 aromatic heterocycles. The molecule has 22 heavy (non-hydrogen) atoms. The Bertz CT molecular complexity index is 1140. The molecule has 0 atom stereocenters. The van der Waals surface area contributed by atoms with Crippen molar-refractivity contribution in [3.63, 3.8) is 0 Å². The summed E-state index contributed by atoms with van der Waals surface area (Å²) in [4.78, 5) is 31.5. The number of rotatable bonds is 1. The third-order valence-electron chi connectivity index (χ3n) is 3.51. The van der Waals surface area contributed by atoms with Crippen LogP contribution in [0.3, 0.4) is 0 Å². The Morgan fingerprint density at radius 2 is 2.00 bits per heavy atom. The Kier molecular flexibility index (Phi) is 2.67. The van der Waals surface area contributed by atoms with Gasteiger partial charge in [-0.2, -0.15) is 0 Å².